The fraction of sp³-hybridized carbons (Fsp3) is 0.273. The molecule has 2 heterocycles. The number of hydrogen-bond acceptors (Lipinski definition) is 3. The molecule has 0 N–H and O–H groups in total. The molecule has 2 amide bonds. The fourth-order valence-corrected chi connectivity index (χ4v) is 4.22. The van der Waals surface area contributed by atoms with Gasteiger partial charge in [-0.1, -0.05) is 60.5 Å². The van der Waals surface area contributed by atoms with Gasteiger partial charge in [-0.2, -0.15) is 0 Å². The van der Waals surface area contributed by atoms with Gasteiger partial charge in [0.05, 0.1) is 21.3 Å². The lowest BCUT2D eigenvalue weighted by Gasteiger charge is -2.33. The van der Waals surface area contributed by atoms with Crippen LogP contribution in [0.2, 0.25) is 10.0 Å². The third-order valence-corrected chi connectivity index (χ3v) is 6.00. The van der Waals surface area contributed by atoms with E-state index in [1.165, 1.54) is 4.90 Å². The van der Waals surface area contributed by atoms with Crippen molar-refractivity contribution >= 4 is 46.3 Å². The molecule has 0 aliphatic carbocycles. The molecule has 4 rings (SSSR count). The summed E-state index contributed by atoms with van der Waals surface area (Å²) in [5.41, 5.74) is 2.11. The lowest BCUT2D eigenvalue weighted by atomic mass is 9.98. The molecule has 0 spiro atoms. The summed E-state index contributed by atoms with van der Waals surface area (Å²) in [6, 6.07) is 14.2. The molecule has 1 unspecified atom stereocenters. The van der Waals surface area contributed by atoms with Gasteiger partial charge in [0.25, 0.3) is 11.8 Å². The lowest BCUT2D eigenvalue weighted by molar-refractivity contribution is -0.120. The van der Waals surface area contributed by atoms with E-state index in [0.717, 1.165) is 31.5 Å². The van der Waals surface area contributed by atoms with Gasteiger partial charge in [-0.15, -0.1) is 0 Å². The van der Waals surface area contributed by atoms with Crippen molar-refractivity contribution in [2.45, 2.75) is 19.8 Å². The highest BCUT2D eigenvalue weighted by Crippen LogP contribution is 2.37. The van der Waals surface area contributed by atoms with Crippen molar-refractivity contribution in [3.63, 3.8) is 0 Å². The van der Waals surface area contributed by atoms with Crippen molar-refractivity contribution in [2.75, 3.05) is 18.0 Å². The van der Waals surface area contributed by atoms with Crippen molar-refractivity contribution in [3.05, 3.63) is 69.8 Å². The number of amides is 2. The van der Waals surface area contributed by atoms with Crippen LogP contribution in [-0.4, -0.2) is 29.8 Å². The molecule has 4 nitrogen and oxygen atoms in total. The van der Waals surface area contributed by atoms with Gasteiger partial charge >= 0.3 is 0 Å². The number of carbonyl (C=O) groups is 2. The number of benzene rings is 2. The summed E-state index contributed by atoms with van der Waals surface area (Å²) in [4.78, 5) is 30.1. The first-order chi connectivity index (χ1) is 13.5. The number of carbonyl (C=O) groups excluding carboxylic acids is 2. The Morgan fingerprint density at radius 1 is 0.964 bits per heavy atom. The second-order valence-corrected chi connectivity index (χ2v) is 8.14. The highest BCUT2D eigenvalue weighted by molar-refractivity contribution is 6.46. The minimum atomic E-state index is -0.331. The number of likely N-dealkylation sites (tertiary alicyclic amines) is 1. The van der Waals surface area contributed by atoms with E-state index in [1.807, 2.05) is 30.3 Å². The predicted molar refractivity (Wildman–Crippen MR) is 112 cm³/mol. The molecule has 2 aliphatic heterocycles. The molecule has 28 heavy (non-hydrogen) atoms. The molecule has 6 heteroatoms. The maximum absolute atomic E-state index is 13.4. The molecule has 2 aliphatic rings. The molecular weight excluding hydrogens is 395 g/mol. The molecule has 0 aromatic heterocycles. The van der Waals surface area contributed by atoms with E-state index in [2.05, 4.69) is 11.8 Å². The average molecular weight is 415 g/mol. The SMILES string of the molecule is CC1CCCN(C2=C(c3ccccc3)C(=O)N(c3ccc(Cl)c(Cl)c3)C2=O)C1. The van der Waals surface area contributed by atoms with E-state index in [-0.39, 0.29) is 11.8 Å². The van der Waals surface area contributed by atoms with Crippen LogP contribution in [0, 0.1) is 5.92 Å². The van der Waals surface area contributed by atoms with Crippen molar-refractivity contribution in [2.24, 2.45) is 5.92 Å². The smallest absolute Gasteiger partial charge is 0.282 e. The fourth-order valence-electron chi connectivity index (χ4n) is 3.93. The Kier molecular flexibility index (Phi) is 5.17. The van der Waals surface area contributed by atoms with Gasteiger partial charge in [0.1, 0.15) is 5.70 Å². The topological polar surface area (TPSA) is 40.6 Å². The van der Waals surface area contributed by atoms with E-state index in [4.69, 9.17) is 23.2 Å². The van der Waals surface area contributed by atoms with Gasteiger partial charge in [-0.25, -0.2) is 4.90 Å². The van der Waals surface area contributed by atoms with Crippen LogP contribution in [0.25, 0.3) is 5.57 Å². The van der Waals surface area contributed by atoms with Gasteiger partial charge < -0.3 is 4.90 Å². The van der Waals surface area contributed by atoms with Crippen LogP contribution >= 0.6 is 23.2 Å². The number of rotatable bonds is 3. The molecule has 2 aromatic carbocycles. The van der Waals surface area contributed by atoms with Crippen molar-refractivity contribution in [1.82, 2.24) is 4.90 Å². The third-order valence-electron chi connectivity index (χ3n) is 5.26. The number of anilines is 1. The van der Waals surface area contributed by atoms with Crippen LogP contribution in [0.5, 0.6) is 0 Å². The Labute approximate surface area is 174 Å². The Hall–Kier alpha value is -2.30. The molecule has 1 atom stereocenters. The minimum absolute atomic E-state index is 0.307. The minimum Gasteiger partial charge on any atom is -0.366 e. The quantitative estimate of drug-likeness (QED) is 0.662. The van der Waals surface area contributed by atoms with Gasteiger partial charge in [-0.05, 0) is 42.5 Å². The van der Waals surface area contributed by atoms with Gasteiger partial charge in [0.15, 0.2) is 0 Å². The second kappa shape index (κ2) is 7.61. The standard InChI is InChI=1S/C22H20Cl2N2O2/c1-14-6-5-11-25(13-14)20-19(15-7-3-2-4-8-15)21(27)26(22(20)28)16-9-10-17(23)18(24)12-16/h2-4,7-10,12,14H,5-6,11,13H2,1H3. The molecular formula is C22H20Cl2N2O2. The molecule has 2 aromatic rings. The van der Waals surface area contributed by atoms with E-state index >= 15 is 0 Å². The molecule has 0 radical (unpaired) electrons. The molecule has 0 saturated carbocycles. The van der Waals surface area contributed by atoms with Crippen LogP contribution in [0.15, 0.2) is 54.2 Å². The zero-order chi connectivity index (χ0) is 19.8. The normalized spacial score (nSPS) is 20.3. The second-order valence-electron chi connectivity index (χ2n) is 7.33. The molecule has 1 saturated heterocycles. The summed E-state index contributed by atoms with van der Waals surface area (Å²) < 4.78 is 0. The monoisotopic (exact) mass is 414 g/mol. The molecule has 0 bridgehead atoms. The Bertz CT molecular complexity index is 972. The largest absolute Gasteiger partial charge is 0.366 e. The Morgan fingerprint density at radius 2 is 1.71 bits per heavy atom. The van der Waals surface area contributed by atoms with E-state index in [9.17, 15) is 9.59 Å². The number of imide groups is 1. The zero-order valence-electron chi connectivity index (χ0n) is 15.5. The summed E-state index contributed by atoms with van der Waals surface area (Å²) in [5, 5.41) is 0.687. The van der Waals surface area contributed by atoms with E-state index in [0.29, 0.717) is 32.9 Å². The van der Waals surface area contributed by atoms with Crippen molar-refractivity contribution < 1.29 is 9.59 Å². The number of piperidine rings is 1. The first-order valence-electron chi connectivity index (χ1n) is 9.36. The van der Waals surface area contributed by atoms with Crippen LogP contribution in [0.4, 0.5) is 5.69 Å². The zero-order valence-corrected chi connectivity index (χ0v) is 17.0. The summed E-state index contributed by atoms with van der Waals surface area (Å²) >= 11 is 12.2. The third kappa shape index (κ3) is 3.31. The number of nitrogens with zero attached hydrogens (tertiary/aromatic N) is 2. The van der Waals surface area contributed by atoms with Crippen LogP contribution < -0.4 is 4.90 Å². The highest BCUT2D eigenvalue weighted by atomic mass is 35.5. The van der Waals surface area contributed by atoms with Gasteiger partial charge in [0.2, 0.25) is 0 Å². The Balaban J connectivity index is 1.82. The predicted octanol–water partition coefficient (Wildman–Crippen LogP) is 5.01. The molecule has 144 valence electrons. The van der Waals surface area contributed by atoms with Crippen LogP contribution in [0.1, 0.15) is 25.3 Å². The van der Waals surface area contributed by atoms with Crippen LogP contribution in [0.3, 0.4) is 0 Å². The summed E-state index contributed by atoms with van der Waals surface area (Å²) in [5.74, 6) is -0.167. The average Bonchev–Trinajstić information content (AvgIpc) is 2.95. The number of halogens is 2. The highest BCUT2D eigenvalue weighted by Gasteiger charge is 2.43. The lowest BCUT2D eigenvalue weighted by Crippen LogP contribution is -2.39. The molecule has 1 fully saturated rings. The first-order valence-corrected chi connectivity index (χ1v) is 10.1. The first kappa shape index (κ1) is 19.0. The summed E-state index contributed by atoms with van der Waals surface area (Å²) in [6.07, 6.45) is 2.13. The van der Waals surface area contributed by atoms with E-state index < -0.39 is 0 Å². The van der Waals surface area contributed by atoms with Crippen molar-refractivity contribution in [1.29, 1.82) is 0 Å². The maximum atomic E-state index is 13.4. The summed E-state index contributed by atoms with van der Waals surface area (Å²) in [6.45, 7) is 3.71. The summed E-state index contributed by atoms with van der Waals surface area (Å²) in [7, 11) is 0. The van der Waals surface area contributed by atoms with Gasteiger partial charge in [-0.3, -0.25) is 9.59 Å². The maximum Gasteiger partial charge on any atom is 0.282 e. The van der Waals surface area contributed by atoms with Gasteiger partial charge in [0, 0.05) is 13.1 Å². The van der Waals surface area contributed by atoms with Crippen LogP contribution in [-0.2, 0) is 9.59 Å². The van der Waals surface area contributed by atoms with Crippen molar-refractivity contribution in [3.8, 4) is 0 Å². The number of hydrogen-bond donors (Lipinski definition) is 0. The Morgan fingerprint density at radius 3 is 2.39 bits per heavy atom. The van der Waals surface area contributed by atoms with E-state index in [1.54, 1.807) is 18.2 Å².